The number of nitrogens with one attached hydrogen (secondary N) is 1. The number of hydrogen-bond acceptors (Lipinski definition) is 2. The van der Waals surface area contributed by atoms with Crippen molar-refractivity contribution in [1.82, 2.24) is 10.2 Å². The van der Waals surface area contributed by atoms with Crippen LogP contribution in [0.3, 0.4) is 0 Å². The van der Waals surface area contributed by atoms with E-state index in [0.717, 1.165) is 6.54 Å². The van der Waals surface area contributed by atoms with Gasteiger partial charge in [0.2, 0.25) is 11.8 Å². The lowest BCUT2D eigenvalue weighted by atomic mass is 9.86. The molecule has 1 aromatic carbocycles. The van der Waals surface area contributed by atoms with Crippen molar-refractivity contribution < 1.29 is 9.59 Å². The average Bonchev–Trinajstić information content (AvgIpc) is 3.29. The van der Waals surface area contributed by atoms with E-state index in [4.69, 9.17) is 0 Å². The maximum Gasteiger partial charge on any atom is 0.225 e. The summed E-state index contributed by atoms with van der Waals surface area (Å²) >= 11 is 0. The molecule has 24 heavy (non-hydrogen) atoms. The van der Waals surface area contributed by atoms with Crippen LogP contribution in [0.2, 0.25) is 0 Å². The van der Waals surface area contributed by atoms with Gasteiger partial charge in [-0.25, -0.2) is 0 Å². The van der Waals surface area contributed by atoms with Crippen LogP contribution in [-0.4, -0.2) is 36.3 Å². The SMILES string of the molecule is Cc1ccccc1C1CN(C(=O)C(C)C)CC1C(=O)NCC1CC1. The van der Waals surface area contributed by atoms with Crippen molar-refractivity contribution >= 4 is 11.8 Å². The molecule has 2 fully saturated rings. The van der Waals surface area contributed by atoms with Crippen LogP contribution in [0.5, 0.6) is 0 Å². The van der Waals surface area contributed by atoms with Crippen LogP contribution in [-0.2, 0) is 9.59 Å². The zero-order valence-electron chi connectivity index (χ0n) is 14.9. The number of carbonyl (C=O) groups is 2. The minimum Gasteiger partial charge on any atom is -0.356 e. The van der Waals surface area contributed by atoms with E-state index in [1.54, 1.807) is 0 Å². The molecule has 2 aliphatic rings. The standard InChI is InChI=1S/C20H28N2O2/c1-13(2)20(24)22-11-17(16-7-5-4-6-14(16)3)18(12-22)19(23)21-10-15-8-9-15/h4-7,13,15,17-18H,8-12H2,1-3H3,(H,21,23). The van der Waals surface area contributed by atoms with Crippen LogP contribution >= 0.6 is 0 Å². The molecule has 1 saturated heterocycles. The average molecular weight is 328 g/mol. The van der Waals surface area contributed by atoms with E-state index in [1.807, 2.05) is 30.9 Å². The summed E-state index contributed by atoms with van der Waals surface area (Å²) in [6.45, 7) is 7.89. The Balaban J connectivity index is 1.79. The lowest BCUT2D eigenvalue weighted by Crippen LogP contribution is -2.37. The van der Waals surface area contributed by atoms with Gasteiger partial charge in [-0.05, 0) is 36.8 Å². The summed E-state index contributed by atoms with van der Waals surface area (Å²) in [5.41, 5.74) is 2.39. The lowest BCUT2D eigenvalue weighted by molar-refractivity contribution is -0.133. The minimum absolute atomic E-state index is 0.0317. The van der Waals surface area contributed by atoms with E-state index in [2.05, 4.69) is 24.4 Å². The van der Waals surface area contributed by atoms with Gasteiger partial charge in [0.25, 0.3) is 0 Å². The van der Waals surface area contributed by atoms with Gasteiger partial charge in [0.05, 0.1) is 5.92 Å². The highest BCUT2D eigenvalue weighted by molar-refractivity contribution is 5.84. The highest BCUT2D eigenvalue weighted by Crippen LogP contribution is 2.35. The molecule has 1 saturated carbocycles. The van der Waals surface area contributed by atoms with E-state index < -0.39 is 0 Å². The fraction of sp³-hybridized carbons (Fsp3) is 0.600. The van der Waals surface area contributed by atoms with E-state index in [1.165, 1.54) is 24.0 Å². The summed E-state index contributed by atoms with van der Waals surface area (Å²) < 4.78 is 0. The molecule has 0 spiro atoms. The zero-order chi connectivity index (χ0) is 17.3. The molecule has 2 atom stereocenters. The molecule has 3 rings (SSSR count). The van der Waals surface area contributed by atoms with Gasteiger partial charge < -0.3 is 10.2 Å². The van der Waals surface area contributed by atoms with Crippen molar-refractivity contribution in [2.75, 3.05) is 19.6 Å². The Morgan fingerprint density at radius 2 is 1.92 bits per heavy atom. The van der Waals surface area contributed by atoms with Crippen LogP contribution < -0.4 is 5.32 Å². The summed E-state index contributed by atoms with van der Waals surface area (Å²) in [6.07, 6.45) is 2.45. The first-order valence-corrected chi connectivity index (χ1v) is 9.09. The van der Waals surface area contributed by atoms with Crippen molar-refractivity contribution in [3.8, 4) is 0 Å². The first-order chi connectivity index (χ1) is 11.5. The number of benzene rings is 1. The first kappa shape index (κ1) is 17.0. The van der Waals surface area contributed by atoms with E-state index in [9.17, 15) is 9.59 Å². The van der Waals surface area contributed by atoms with Gasteiger partial charge in [0, 0.05) is 31.5 Å². The number of rotatable bonds is 5. The Morgan fingerprint density at radius 1 is 1.21 bits per heavy atom. The third kappa shape index (κ3) is 3.63. The van der Waals surface area contributed by atoms with Gasteiger partial charge in [-0.1, -0.05) is 38.1 Å². The third-order valence-corrected chi connectivity index (χ3v) is 5.31. The largest absolute Gasteiger partial charge is 0.356 e. The smallest absolute Gasteiger partial charge is 0.225 e. The molecular weight excluding hydrogens is 300 g/mol. The minimum atomic E-state index is -0.146. The first-order valence-electron chi connectivity index (χ1n) is 9.09. The maximum absolute atomic E-state index is 12.8. The summed E-state index contributed by atoms with van der Waals surface area (Å²) in [4.78, 5) is 27.1. The molecule has 0 bridgehead atoms. The molecule has 1 aromatic rings. The quantitative estimate of drug-likeness (QED) is 0.903. The van der Waals surface area contributed by atoms with Crippen molar-refractivity contribution in [2.45, 2.75) is 39.5 Å². The number of likely N-dealkylation sites (tertiary alicyclic amines) is 1. The highest BCUT2D eigenvalue weighted by atomic mass is 16.2. The summed E-state index contributed by atoms with van der Waals surface area (Å²) in [5, 5.41) is 3.12. The molecule has 130 valence electrons. The van der Waals surface area contributed by atoms with Gasteiger partial charge in [-0.15, -0.1) is 0 Å². The van der Waals surface area contributed by atoms with Crippen LogP contribution in [0.4, 0.5) is 0 Å². The molecule has 0 radical (unpaired) electrons. The van der Waals surface area contributed by atoms with Crippen LogP contribution in [0.15, 0.2) is 24.3 Å². The second-order valence-electron chi connectivity index (χ2n) is 7.66. The van der Waals surface area contributed by atoms with Crippen molar-refractivity contribution in [3.63, 3.8) is 0 Å². The van der Waals surface area contributed by atoms with Crippen molar-refractivity contribution in [3.05, 3.63) is 35.4 Å². The summed E-state index contributed by atoms with van der Waals surface area (Å²) in [5.74, 6) is 0.831. The molecule has 4 heteroatoms. The predicted molar refractivity (Wildman–Crippen MR) is 94.6 cm³/mol. The highest BCUT2D eigenvalue weighted by Gasteiger charge is 2.41. The van der Waals surface area contributed by atoms with Gasteiger partial charge in [0.1, 0.15) is 0 Å². The summed E-state index contributed by atoms with van der Waals surface area (Å²) in [7, 11) is 0. The molecule has 1 aliphatic carbocycles. The van der Waals surface area contributed by atoms with E-state index >= 15 is 0 Å². The Bertz CT molecular complexity index is 622. The van der Waals surface area contributed by atoms with Crippen molar-refractivity contribution in [1.29, 1.82) is 0 Å². The van der Waals surface area contributed by atoms with Crippen LogP contribution in [0.25, 0.3) is 0 Å². The molecule has 1 aliphatic heterocycles. The van der Waals surface area contributed by atoms with E-state index in [0.29, 0.717) is 19.0 Å². The molecule has 4 nitrogen and oxygen atoms in total. The monoisotopic (exact) mass is 328 g/mol. The number of carbonyl (C=O) groups excluding carboxylic acids is 2. The Hall–Kier alpha value is -1.84. The number of amides is 2. The number of hydrogen-bond donors (Lipinski definition) is 1. The topological polar surface area (TPSA) is 49.4 Å². The lowest BCUT2D eigenvalue weighted by Gasteiger charge is -2.20. The molecule has 2 amide bonds. The van der Waals surface area contributed by atoms with Gasteiger partial charge >= 0.3 is 0 Å². The van der Waals surface area contributed by atoms with Crippen LogP contribution in [0, 0.1) is 24.7 Å². The summed E-state index contributed by atoms with van der Waals surface area (Å²) in [6, 6.07) is 8.23. The molecule has 0 aromatic heterocycles. The zero-order valence-corrected chi connectivity index (χ0v) is 14.9. The molecule has 2 unspecified atom stereocenters. The Morgan fingerprint density at radius 3 is 2.54 bits per heavy atom. The number of aryl methyl sites for hydroxylation is 1. The fourth-order valence-electron chi connectivity index (χ4n) is 3.63. The third-order valence-electron chi connectivity index (χ3n) is 5.31. The van der Waals surface area contributed by atoms with Gasteiger partial charge in [-0.3, -0.25) is 9.59 Å². The normalized spacial score (nSPS) is 23.6. The number of nitrogens with zero attached hydrogens (tertiary/aromatic N) is 1. The fourth-order valence-corrected chi connectivity index (χ4v) is 3.63. The second-order valence-corrected chi connectivity index (χ2v) is 7.66. The Kier molecular flexibility index (Phi) is 4.93. The predicted octanol–water partition coefficient (Wildman–Crippen LogP) is 2.72. The van der Waals surface area contributed by atoms with Gasteiger partial charge in [-0.2, -0.15) is 0 Å². The second kappa shape index (κ2) is 6.96. The van der Waals surface area contributed by atoms with Crippen molar-refractivity contribution in [2.24, 2.45) is 17.8 Å². The molecular formula is C20H28N2O2. The maximum atomic E-state index is 12.8. The van der Waals surface area contributed by atoms with Crippen LogP contribution in [0.1, 0.15) is 43.7 Å². The van der Waals surface area contributed by atoms with E-state index in [-0.39, 0.29) is 29.6 Å². The molecule has 1 N–H and O–H groups in total. The molecule has 1 heterocycles. The Labute approximate surface area is 144 Å². The van der Waals surface area contributed by atoms with Gasteiger partial charge in [0.15, 0.2) is 0 Å².